The zero-order valence-electron chi connectivity index (χ0n) is 13.0. The third-order valence-electron chi connectivity index (χ3n) is 3.21. The van der Waals surface area contributed by atoms with Crippen molar-refractivity contribution >= 4 is 50.5 Å². The molecular formula is C16H16Cl2N2O3S. The first-order chi connectivity index (χ1) is 11.2. The van der Waals surface area contributed by atoms with Gasteiger partial charge in [-0.3, -0.25) is 9.52 Å². The summed E-state index contributed by atoms with van der Waals surface area (Å²) in [4.78, 5) is 12.2. The maximum absolute atomic E-state index is 12.2. The number of halogens is 2. The van der Waals surface area contributed by atoms with Gasteiger partial charge in [0.2, 0.25) is 10.0 Å². The van der Waals surface area contributed by atoms with Gasteiger partial charge >= 0.3 is 0 Å². The molecule has 0 aliphatic rings. The lowest BCUT2D eigenvalue weighted by molar-refractivity contribution is 0.102. The molecule has 2 aromatic carbocycles. The van der Waals surface area contributed by atoms with Crippen LogP contribution in [0.3, 0.4) is 0 Å². The number of carbonyl (C=O) groups is 1. The summed E-state index contributed by atoms with van der Waals surface area (Å²) < 4.78 is 26.1. The second-order valence-corrected chi connectivity index (χ2v) is 8.43. The van der Waals surface area contributed by atoms with Gasteiger partial charge < -0.3 is 5.32 Å². The van der Waals surface area contributed by atoms with Gasteiger partial charge in [0.1, 0.15) is 0 Å². The Balaban J connectivity index is 2.11. The van der Waals surface area contributed by atoms with Crippen molar-refractivity contribution in [2.24, 2.45) is 0 Å². The van der Waals surface area contributed by atoms with Gasteiger partial charge in [0.05, 0.1) is 16.0 Å². The number of hydrogen-bond acceptors (Lipinski definition) is 3. The van der Waals surface area contributed by atoms with Crippen LogP contribution in [0.1, 0.15) is 24.2 Å². The molecule has 0 atom stereocenters. The van der Waals surface area contributed by atoms with Crippen LogP contribution in [0.5, 0.6) is 0 Å². The summed E-state index contributed by atoms with van der Waals surface area (Å²) in [6.45, 7) is 3.17. The lowest BCUT2D eigenvalue weighted by atomic mass is 10.2. The van der Waals surface area contributed by atoms with E-state index in [2.05, 4.69) is 10.0 Å². The molecule has 0 aromatic heterocycles. The molecule has 2 N–H and O–H groups in total. The Bertz CT molecular complexity index is 850. The Kier molecular flexibility index (Phi) is 5.74. The van der Waals surface area contributed by atoms with E-state index < -0.39 is 15.3 Å². The number of anilines is 2. The first-order valence-electron chi connectivity index (χ1n) is 7.07. The van der Waals surface area contributed by atoms with E-state index in [0.717, 1.165) is 0 Å². The summed E-state index contributed by atoms with van der Waals surface area (Å²) in [5.41, 5.74) is 1.20. The lowest BCUT2D eigenvalue weighted by Crippen LogP contribution is -2.22. The standard InChI is InChI=1S/C16H16Cl2N2O3S/c1-10(2)24(22,23)20-13-6-3-11(4-7-13)16(21)19-15-8-5-12(17)9-14(15)18/h3-10,20H,1-2H3,(H,19,21). The highest BCUT2D eigenvalue weighted by Gasteiger charge is 2.16. The quantitative estimate of drug-likeness (QED) is 0.799. The summed E-state index contributed by atoms with van der Waals surface area (Å²) in [6, 6.07) is 10.9. The number of hydrogen-bond donors (Lipinski definition) is 2. The highest BCUT2D eigenvalue weighted by atomic mass is 35.5. The molecule has 0 heterocycles. The Morgan fingerprint density at radius 1 is 1.04 bits per heavy atom. The molecular weight excluding hydrogens is 371 g/mol. The predicted molar refractivity (Wildman–Crippen MR) is 98.5 cm³/mol. The van der Waals surface area contributed by atoms with Crippen molar-refractivity contribution in [3.05, 3.63) is 58.1 Å². The number of rotatable bonds is 5. The molecule has 0 saturated heterocycles. The molecule has 0 aliphatic carbocycles. The zero-order chi connectivity index (χ0) is 17.9. The van der Waals surface area contributed by atoms with E-state index in [1.54, 1.807) is 26.0 Å². The SMILES string of the molecule is CC(C)S(=O)(=O)Nc1ccc(C(=O)Nc2ccc(Cl)cc2Cl)cc1. The number of sulfonamides is 1. The van der Waals surface area contributed by atoms with Crippen molar-refractivity contribution in [1.29, 1.82) is 0 Å². The Hall–Kier alpha value is -1.76. The van der Waals surface area contributed by atoms with Crippen LogP contribution in [0.4, 0.5) is 11.4 Å². The molecule has 128 valence electrons. The number of amides is 1. The van der Waals surface area contributed by atoms with Crippen molar-refractivity contribution < 1.29 is 13.2 Å². The number of carbonyl (C=O) groups excluding carboxylic acids is 1. The average molecular weight is 387 g/mol. The maximum Gasteiger partial charge on any atom is 0.255 e. The predicted octanol–water partition coefficient (Wildman–Crippen LogP) is 4.40. The van der Waals surface area contributed by atoms with Crippen LogP contribution in [0.25, 0.3) is 0 Å². The van der Waals surface area contributed by atoms with E-state index in [9.17, 15) is 13.2 Å². The topological polar surface area (TPSA) is 75.3 Å². The molecule has 2 rings (SSSR count). The molecule has 0 aliphatic heterocycles. The normalized spacial score (nSPS) is 11.4. The van der Waals surface area contributed by atoms with Crippen molar-refractivity contribution in [2.45, 2.75) is 19.1 Å². The Labute approximate surface area is 151 Å². The Morgan fingerprint density at radius 3 is 2.21 bits per heavy atom. The smallest absolute Gasteiger partial charge is 0.255 e. The fourth-order valence-corrected chi connectivity index (χ4v) is 2.91. The Morgan fingerprint density at radius 2 is 1.67 bits per heavy atom. The van der Waals surface area contributed by atoms with Gasteiger partial charge in [-0.05, 0) is 56.3 Å². The first-order valence-corrected chi connectivity index (χ1v) is 9.37. The van der Waals surface area contributed by atoms with E-state index in [0.29, 0.717) is 27.0 Å². The van der Waals surface area contributed by atoms with E-state index >= 15 is 0 Å². The van der Waals surface area contributed by atoms with Crippen molar-refractivity contribution in [3.8, 4) is 0 Å². The van der Waals surface area contributed by atoms with Crippen molar-refractivity contribution in [2.75, 3.05) is 10.0 Å². The second-order valence-electron chi connectivity index (χ2n) is 5.35. The van der Waals surface area contributed by atoms with Crippen LogP contribution in [-0.2, 0) is 10.0 Å². The van der Waals surface area contributed by atoms with Gasteiger partial charge in [0.25, 0.3) is 5.91 Å². The van der Waals surface area contributed by atoms with Crippen LogP contribution in [-0.4, -0.2) is 19.6 Å². The average Bonchev–Trinajstić information content (AvgIpc) is 2.50. The largest absolute Gasteiger partial charge is 0.321 e. The summed E-state index contributed by atoms with van der Waals surface area (Å²) in [5, 5.41) is 2.93. The summed E-state index contributed by atoms with van der Waals surface area (Å²) >= 11 is 11.8. The number of nitrogens with one attached hydrogen (secondary N) is 2. The highest BCUT2D eigenvalue weighted by molar-refractivity contribution is 7.93. The van der Waals surface area contributed by atoms with Gasteiger partial charge in [-0.15, -0.1) is 0 Å². The molecule has 0 saturated carbocycles. The van der Waals surface area contributed by atoms with E-state index in [1.807, 2.05) is 0 Å². The molecule has 5 nitrogen and oxygen atoms in total. The molecule has 0 bridgehead atoms. The van der Waals surface area contributed by atoms with Crippen molar-refractivity contribution in [1.82, 2.24) is 0 Å². The molecule has 0 unspecified atom stereocenters. The minimum atomic E-state index is -3.42. The minimum absolute atomic E-state index is 0.331. The van der Waals surface area contributed by atoms with E-state index in [1.165, 1.54) is 30.3 Å². The van der Waals surface area contributed by atoms with E-state index in [4.69, 9.17) is 23.2 Å². The third kappa shape index (κ3) is 4.63. The van der Waals surface area contributed by atoms with E-state index in [-0.39, 0.29) is 5.91 Å². The fraction of sp³-hybridized carbons (Fsp3) is 0.188. The summed E-state index contributed by atoms with van der Waals surface area (Å²) in [5.74, 6) is -0.363. The molecule has 0 spiro atoms. The second kappa shape index (κ2) is 7.42. The van der Waals surface area contributed by atoms with Gasteiger partial charge in [-0.25, -0.2) is 8.42 Å². The summed E-state index contributed by atoms with van der Waals surface area (Å²) in [7, 11) is -3.42. The minimum Gasteiger partial charge on any atom is -0.321 e. The zero-order valence-corrected chi connectivity index (χ0v) is 15.3. The highest BCUT2D eigenvalue weighted by Crippen LogP contribution is 2.26. The number of benzene rings is 2. The van der Waals surface area contributed by atoms with Gasteiger partial charge in [0.15, 0.2) is 0 Å². The first kappa shape index (κ1) is 18.6. The molecule has 1 amide bonds. The van der Waals surface area contributed by atoms with Gasteiger partial charge in [0, 0.05) is 16.3 Å². The van der Waals surface area contributed by atoms with Crippen LogP contribution in [0, 0.1) is 0 Å². The molecule has 2 aromatic rings. The van der Waals surface area contributed by atoms with Gasteiger partial charge in [-0.2, -0.15) is 0 Å². The van der Waals surface area contributed by atoms with Crippen LogP contribution in [0.2, 0.25) is 10.0 Å². The van der Waals surface area contributed by atoms with Crippen LogP contribution >= 0.6 is 23.2 Å². The van der Waals surface area contributed by atoms with Crippen molar-refractivity contribution in [3.63, 3.8) is 0 Å². The lowest BCUT2D eigenvalue weighted by Gasteiger charge is -2.11. The fourth-order valence-electron chi connectivity index (χ4n) is 1.76. The summed E-state index contributed by atoms with van der Waals surface area (Å²) in [6.07, 6.45) is 0. The molecule has 24 heavy (non-hydrogen) atoms. The van der Waals surface area contributed by atoms with Crippen LogP contribution < -0.4 is 10.0 Å². The molecule has 8 heteroatoms. The van der Waals surface area contributed by atoms with Gasteiger partial charge in [-0.1, -0.05) is 23.2 Å². The molecule has 0 radical (unpaired) electrons. The molecule has 0 fully saturated rings. The van der Waals surface area contributed by atoms with Crippen LogP contribution in [0.15, 0.2) is 42.5 Å². The monoisotopic (exact) mass is 386 g/mol. The maximum atomic E-state index is 12.2. The third-order valence-corrected chi connectivity index (χ3v) is 5.52.